The Kier molecular flexibility index (Phi) is 6.21. The van der Waals surface area contributed by atoms with Crippen LogP contribution in [0.5, 0.6) is 5.75 Å². The van der Waals surface area contributed by atoms with E-state index in [0.717, 1.165) is 12.8 Å². The summed E-state index contributed by atoms with van der Waals surface area (Å²) in [5, 5.41) is 18.4. The highest BCUT2D eigenvalue weighted by atomic mass is 16.5. The largest absolute Gasteiger partial charge is 0.505 e. The number of methoxy groups -OCH3 is 1. The Bertz CT molecular complexity index is 555. The minimum atomic E-state index is -0.545. The monoisotopic (exact) mass is 290 g/mol. The van der Waals surface area contributed by atoms with Crippen LogP contribution >= 0.6 is 0 Å². The summed E-state index contributed by atoms with van der Waals surface area (Å²) >= 11 is 0. The molecule has 0 saturated carbocycles. The van der Waals surface area contributed by atoms with Crippen LogP contribution in [0.4, 0.5) is 5.69 Å². The lowest BCUT2D eigenvalue weighted by Gasteiger charge is -2.20. The van der Waals surface area contributed by atoms with E-state index in [4.69, 9.17) is 10.1 Å². The van der Waals surface area contributed by atoms with Crippen molar-refractivity contribution in [3.63, 3.8) is 0 Å². The zero-order valence-corrected chi connectivity index (χ0v) is 12.5. The number of hydrogen-bond donors (Lipinski definition) is 1. The number of unbranched alkanes of at least 4 members (excludes halogenated alkanes) is 1. The quantitative estimate of drug-likeness (QED) is 0.494. The van der Waals surface area contributed by atoms with Crippen molar-refractivity contribution in [1.82, 2.24) is 0 Å². The number of carbonyl (C=O) groups excluding carboxylic acids is 1. The standard InChI is InChI=1S/C15H19N3O3/c1-4-5-10-18(15(20)14(17-16)11(2)19)12-6-8-13(21-3)9-7-12/h6-9H,4-5,10H2,1-3H3/p+1. The van der Waals surface area contributed by atoms with Crippen LogP contribution in [0, 0.1) is 5.39 Å². The van der Waals surface area contributed by atoms with Gasteiger partial charge in [-0.25, -0.2) is 0 Å². The van der Waals surface area contributed by atoms with Crippen molar-refractivity contribution in [2.24, 2.45) is 0 Å². The molecule has 1 aromatic rings. The Morgan fingerprint density at radius 2 is 2.00 bits per heavy atom. The van der Waals surface area contributed by atoms with Gasteiger partial charge in [0.2, 0.25) is 5.39 Å². The molecule has 0 radical (unpaired) electrons. The van der Waals surface area contributed by atoms with Crippen molar-refractivity contribution in [3.05, 3.63) is 40.7 Å². The third-order valence-corrected chi connectivity index (χ3v) is 3.01. The molecule has 0 unspecified atom stereocenters. The second-order valence-corrected chi connectivity index (χ2v) is 4.54. The number of anilines is 1. The number of allylic oxidation sites excluding steroid dienone is 1. The Morgan fingerprint density at radius 3 is 2.43 bits per heavy atom. The first kappa shape index (κ1) is 16.5. The molecule has 0 fully saturated rings. The maximum absolute atomic E-state index is 12.4. The number of aliphatic hydroxyl groups is 1. The molecule has 0 aliphatic rings. The maximum atomic E-state index is 12.4. The van der Waals surface area contributed by atoms with Crippen LogP contribution < -0.4 is 9.64 Å². The van der Waals surface area contributed by atoms with Gasteiger partial charge in [0.05, 0.1) is 7.11 Å². The van der Waals surface area contributed by atoms with E-state index in [1.807, 2.05) is 6.92 Å². The lowest BCUT2D eigenvalue weighted by Crippen LogP contribution is -2.32. The Morgan fingerprint density at radius 1 is 1.38 bits per heavy atom. The molecule has 0 bridgehead atoms. The fourth-order valence-electron chi connectivity index (χ4n) is 1.82. The van der Waals surface area contributed by atoms with Crippen molar-refractivity contribution in [3.8, 4) is 5.75 Å². The van der Waals surface area contributed by atoms with E-state index in [-0.39, 0.29) is 11.5 Å². The first-order chi connectivity index (χ1) is 10.0. The molecule has 1 aromatic carbocycles. The van der Waals surface area contributed by atoms with Gasteiger partial charge in [0, 0.05) is 19.2 Å². The molecule has 0 aromatic heterocycles. The first-order valence-electron chi connectivity index (χ1n) is 6.76. The van der Waals surface area contributed by atoms with Gasteiger partial charge in [0.15, 0.2) is 10.7 Å². The third kappa shape index (κ3) is 4.21. The van der Waals surface area contributed by atoms with Crippen molar-refractivity contribution in [2.45, 2.75) is 26.7 Å². The number of carbonyl (C=O) groups is 1. The maximum Gasteiger partial charge on any atom is 0.485 e. The SMILES string of the molecule is CCCCN(C(=O)/C([N+]#N)=C(/C)O)c1ccc(OC)cc1. The zero-order valence-electron chi connectivity index (χ0n) is 12.5. The number of diazo groups is 1. The molecule has 0 heterocycles. The van der Waals surface area contributed by atoms with Gasteiger partial charge in [-0.1, -0.05) is 13.3 Å². The highest BCUT2D eigenvalue weighted by molar-refractivity contribution is 6.07. The minimum Gasteiger partial charge on any atom is -0.505 e. The van der Waals surface area contributed by atoms with E-state index in [2.05, 4.69) is 4.98 Å². The number of rotatable bonds is 6. The number of aliphatic hydroxyl groups excluding tert-OH is 1. The molecule has 6 heteroatoms. The van der Waals surface area contributed by atoms with Gasteiger partial charge >= 0.3 is 11.6 Å². The van der Waals surface area contributed by atoms with Gasteiger partial charge in [-0.05, 0) is 30.7 Å². The van der Waals surface area contributed by atoms with Crippen LogP contribution in [0.2, 0.25) is 0 Å². The molecule has 6 nitrogen and oxygen atoms in total. The molecular weight excluding hydrogens is 270 g/mol. The zero-order chi connectivity index (χ0) is 15.8. The molecule has 0 saturated heterocycles. The highest BCUT2D eigenvalue weighted by Gasteiger charge is 2.32. The van der Waals surface area contributed by atoms with Gasteiger partial charge in [0.25, 0.3) is 0 Å². The molecule has 1 N–H and O–H groups in total. The highest BCUT2D eigenvalue weighted by Crippen LogP contribution is 2.22. The van der Waals surface area contributed by atoms with Gasteiger partial charge < -0.3 is 14.7 Å². The van der Waals surface area contributed by atoms with Crippen molar-refractivity contribution < 1.29 is 14.6 Å². The summed E-state index contributed by atoms with van der Waals surface area (Å²) in [5.41, 5.74) is 0.290. The number of benzene rings is 1. The summed E-state index contributed by atoms with van der Waals surface area (Å²) in [5.74, 6) is -0.184. The Hall–Kier alpha value is -2.55. The van der Waals surface area contributed by atoms with Crippen molar-refractivity contribution >= 4 is 11.6 Å². The van der Waals surface area contributed by atoms with Crippen LogP contribution in [0.1, 0.15) is 26.7 Å². The lowest BCUT2D eigenvalue weighted by molar-refractivity contribution is -0.115. The normalized spacial score (nSPS) is 11.3. The fraction of sp³-hybridized carbons (Fsp3) is 0.400. The van der Waals surface area contributed by atoms with E-state index in [1.54, 1.807) is 31.4 Å². The van der Waals surface area contributed by atoms with E-state index >= 15 is 0 Å². The van der Waals surface area contributed by atoms with Crippen molar-refractivity contribution in [1.29, 1.82) is 5.39 Å². The first-order valence-corrected chi connectivity index (χ1v) is 6.76. The van der Waals surface area contributed by atoms with E-state index in [9.17, 15) is 9.90 Å². The molecule has 1 amide bonds. The molecule has 0 aliphatic heterocycles. The van der Waals surface area contributed by atoms with Crippen molar-refractivity contribution in [2.75, 3.05) is 18.6 Å². The number of amides is 1. The molecule has 21 heavy (non-hydrogen) atoms. The fourth-order valence-corrected chi connectivity index (χ4v) is 1.82. The predicted molar refractivity (Wildman–Crippen MR) is 80.7 cm³/mol. The molecule has 0 spiro atoms. The van der Waals surface area contributed by atoms with E-state index < -0.39 is 5.91 Å². The van der Waals surface area contributed by atoms with E-state index in [1.165, 1.54) is 11.8 Å². The lowest BCUT2D eigenvalue weighted by atomic mass is 10.2. The summed E-state index contributed by atoms with van der Waals surface area (Å²) < 4.78 is 5.09. The van der Waals surface area contributed by atoms with E-state index in [0.29, 0.717) is 18.0 Å². The molecule has 0 aliphatic carbocycles. The minimum absolute atomic E-state index is 0.322. The summed E-state index contributed by atoms with van der Waals surface area (Å²) in [4.78, 5) is 16.8. The molecule has 1 rings (SSSR count). The Balaban J connectivity index is 3.13. The van der Waals surface area contributed by atoms with Gasteiger partial charge in [-0.3, -0.25) is 4.79 Å². The van der Waals surface area contributed by atoms with Gasteiger partial charge in [-0.2, -0.15) is 0 Å². The molecule has 0 atom stereocenters. The summed E-state index contributed by atoms with van der Waals surface area (Å²) in [6.45, 7) is 3.79. The van der Waals surface area contributed by atoms with Gasteiger partial charge in [-0.15, -0.1) is 0 Å². The van der Waals surface area contributed by atoms with Crippen LogP contribution in [0.3, 0.4) is 0 Å². The topological polar surface area (TPSA) is 77.9 Å². The summed E-state index contributed by atoms with van der Waals surface area (Å²) in [7, 11) is 1.57. The number of hydrogen-bond acceptors (Lipinski definition) is 4. The van der Waals surface area contributed by atoms with Crippen LogP contribution in [0.15, 0.2) is 35.7 Å². The number of ether oxygens (including phenoxy) is 1. The second-order valence-electron chi connectivity index (χ2n) is 4.54. The molecule has 112 valence electrons. The van der Waals surface area contributed by atoms with Crippen LogP contribution in [0.25, 0.3) is 4.98 Å². The average molecular weight is 290 g/mol. The average Bonchev–Trinajstić information content (AvgIpc) is 2.48. The predicted octanol–water partition coefficient (Wildman–Crippen LogP) is 3.47. The summed E-state index contributed by atoms with van der Waals surface area (Å²) in [6.07, 6.45) is 1.70. The van der Waals surface area contributed by atoms with Crippen LogP contribution in [-0.2, 0) is 4.79 Å². The smallest absolute Gasteiger partial charge is 0.485 e. The molecular formula is C15H20N3O3+. The number of nitrogens with zero attached hydrogens (tertiary/aromatic N) is 3. The summed E-state index contributed by atoms with van der Waals surface area (Å²) in [6, 6.07) is 6.97. The Labute approximate surface area is 124 Å². The third-order valence-electron chi connectivity index (χ3n) is 3.01. The van der Waals surface area contributed by atoms with Crippen LogP contribution in [-0.4, -0.2) is 24.7 Å². The second kappa shape index (κ2) is 7.90. The van der Waals surface area contributed by atoms with Gasteiger partial charge in [0.1, 0.15) is 5.75 Å².